The Bertz CT molecular complexity index is 573. The molecule has 0 atom stereocenters. The first-order chi connectivity index (χ1) is 8.17. The van der Waals surface area contributed by atoms with Crippen LogP contribution >= 0.6 is 0 Å². The highest BCUT2D eigenvalue weighted by atomic mass is 15.1. The lowest BCUT2D eigenvalue weighted by atomic mass is 10.2. The maximum absolute atomic E-state index is 8.90. The van der Waals surface area contributed by atoms with Crippen LogP contribution in [0.4, 0.5) is 0 Å². The third-order valence-corrected chi connectivity index (χ3v) is 2.87. The summed E-state index contributed by atoms with van der Waals surface area (Å²) in [6.07, 6.45) is 1.09. The SMILES string of the molecule is CCCn1c(C(C)C)nc2cc(C#N)ccc21. The van der Waals surface area contributed by atoms with Crippen molar-refractivity contribution in [1.82, 2.24) is 9.55 Å². The van der Waals surface area contributed by atoms with E-state index >= 15 is 0 Å². The van der Waals surface area contributed by atoms with Crippen molar-refractivity contribution >= 4 is 11.0 Å². The molecule has 2 rings (SSSR count). The molecule has 0 aliphatic rings. The molecule has 0 fully saturated rings. The first-order valence-corrected chi connectivity index (χ1v) is 6.07. The van der Waals surface area contributed by atoms with Gasteiger partial charge in [0.15, 0.2) is 0 Å². The Morgan fingerprint density at radius 2 is 2.18 bits per heavy atom. The molecule has 0 unspecified atom stereocenters. The number of aromatic nitrogens is 2. The Morgan fingerprint density at radius 1 is 1.41 bits per heavy atom. The Labute approximate surface area is 102 Å². The largest absolute Gasteiger partial charge is 0.328 e. The predicted octanol–water partition coefficient (Wildman–Crippen LogP) is 3.44. The van der Waals surface area contributed by atoms with Crippen molar-refractivity contribution in [2.75, 3.05) is 0 Å². The van der Waals surface area contributed by atoms with E-state index in [1.54, 1.807) is 0 Å². The summed E-state index contributed by atoms with van der Waals surface area (Å²) in [6, 6.07) is 7.89. The second kappa shape index (κ2) is 4.58. The molecule has 0 radical (unpaired) electrons. The van der Waals surface area contributed by atoms with Gasteiger partial charge in [0.1, 0.15) is 5.82 Å². The van der Waals surface area contributed by atoms with Gasteiger partial charge >= 0.3 is 0 Å². The van der Waals surface area contributed by atoms with Crippen molar-refractivity contribution < 1.29 is 0 Å². The highest BCUT2D eigenvalue weighted by Crippen LogP contribution is 2.23. The first-order valence-electron chi connectivity index (χ1n) is 6.07. The number of rotatable bonds is 3. The summed E-state index contributed by atoms with van der Waals surface area (Å²) >= 11 is 0. The average molecular weight is 227 g/mol. The highest BCUT2D eigenvalue weighted by Gasteiger charge is 2.13. The van der Waals surface area contributed by atoms with E-state index in [1.165, 1.54) is 0 Å². The molecule has 0 spiro atoms. The molecule has 0 aliphatic heterocycles. The molecular formula is C14H17N3. The predicted molar refractivity (Wildman–Crippen MR) is 68.8 cm³/mol. The number of benzene rings is 1. The van der Waals surface area contributed by atoms with Crippen molar-refractivity contribution in [1.29, 1.82) is 5.26 Å². The summed E-state index contributed by atoms with van der Waals surface area (Å²) in [5.41, 5.74) is 2.74. The van der Waals surface area contributed by atoms with E-state index in [9.17, 15) is 0 Å². The van der Waals surface area contributed by atoms with E-state index in [1.807, 2.05) is 18.2 Å². The van der Waals surface area contributed by atoms with Gasteiger partial charge in [0.2, 0.25) is 0 Å². The molecule has 17 heavy (non-hydrogen) atoms. The lowest BCUT2D eigenvalue weighted by Crippen LogP contribution is -2.04. The molecule has 88 valence electrons. The summed E-state index contributed by atoms with van der Waals surface area (Å²) in [7, 11) is 0. The Kier molecular flexibility index (Phi) is 3.14. The Morgan fingerprint density at radius 3 is 2.76 bits per heavy atom. The fraction of sp³-hybridized carbons (Fsp3) is 0.429. The third kappa shape index (κ3) is 2.03. The maximum atomic E-state index is 8.90. The molecule has 1 heterocycles. The van der Waals surface area contributed by atoms with Gasteiger partial charge in [-0.2, -0.15) is 5.26 Å². The number of hydrogen-bond acceptors (Lipinski definition) is 2. The number of hydrogen-bond donors (Lipinski definition) is 0. The fourth-order valence-corrected chi connectivity index (χ4v) is 2.12. The minimum absolute atomic E-state index is 0.402. The smallest absolute Gasteiger partial charge is 0.112 e. The van der Waals surface area contributed by atoms with E-state index in [0.29, 0.717) is 11.5 Å². The molecule has 2 aromatic rings. The molecule has 1 aromatic carbocycles. The second-order valence-electron chi connectivity index (χ2n) is 4.59. The zero-order valence-corrected chi connectivity index (χ0v) is 10.6. The van der Waals surface area contributed by atoms with E-state index < -0.39 is 0 Å². The molecule has 3 nitrogen and oxygen atoms in total. The molecule has 0 saturated heterocycles. The number of aryl methyl sites for hydroxylation is 1. The van der Waals surface area contributed by atoms with Gasteiger partial charge in [-0.05, 0) is 24.6 Å². The molecule has 0 saturated carbocycles. The van der Waals surface area contributed by atoms with Crippen LogP contribution in [0, 0.1) is 11.3 Å². The fourth-order valence-electron chi connectivity index (χ4n) is 2.12. The van der Waals surface area contributed by atoms with Gasteiger partial charge in [-0.25, -0.2) is 4.98 Å². The zero-order valence-electron chi connectivity index (χ0n) is 10.6. The standard InChI is InChI=1S/C14H17N3/c1-4-7-17-13-6-5-11(9-15)8-12(13)16-14(17)10(2)3/h5-6,8,10H,4,7H2,1-3H3. The maximum Gasteiger partial charge on any atom is 0.112 e. The molecular weight excluding hydrogens is 210 g/mol. The summed E-state index contributed by atoms with van der Waals surface area (Å²) in [5.74, 6) is 1.51. The monoisotopic (exact) mass is 227 g/mol. The minimum Gasteiger partial charge on any atom is -0.328 e. The summed E-state index contributed by atoms with van der Waals surface area (Å²) in [5, 5.41) is 8.90. The van der Waals surface area contributed by atoms with Gasteiger partial charge < -0.3 is 4.57 Å². The molecule has 3 heteroatoms. The van der Waals surface area contributed by atoms with E-state index in [4.69, 9.17) is 5.26 Å². The van der Waals surface area contributed by atoms with Gasteiger partial charge in [0.05, 0.1) is 22.7 Å². The second-order valence-corrected chi connectivity index (χ2v) is 4.59. The quantitative estimate of drug-likeness (QED) is 0.806. The van der Waals surface area contributed by atoms with Gasteiger partial charge in [0, 0.05) is 12.5 Å². The Hall–Kier alpha value is -1.82. The van der Waals surface area contributed by atoms with E-state index in [-0.39, 0.29) is 0 Å². The lowest BCUT2D eigenvalue weighted by molar-refractivity contribution is 0.624. The molecule has 0 amide bonds. The van der Waals surface area contributed by atoms with Crippen LogP contribution in [0.5, 0.6) is 0 Å². The summed E-state index contributed by atoms with van der Waals surface area (Å²) < 4.78 is 2.27. The molecule has 0 bridgehead atoms. The van der Waals surface area contributed by atoms with Crippen LogP contribution in [0.3, 0.4) is 0 Å². The van der Waals surface area contributed by atoms with E-state index in [0.717, 1.165) is 29.8 Å². The molecule has 0 N–H and O–H groups in total. The minimum atomic E-state index is 0.402. The van der Waals surface area contributed by atoms with Crippen LogP contribution in [0.15, 0.2) is 18.2 Å². The van der Waals surface area contributed by atoms with Gasteiger partial charge in [-0.1, -0.05) is 20.8 Å². The molecule has 1 aromatic heterocycles. The summed E-state index contributed by atoms with van der Waals surface area (Å²) in [4.78, 5) is 4.65. The van der Waals surface area contributed by atoms with Crippen molar-refractivity contribution in [3.8, 4) is 6.07 Å². The third-order valence-electron chi connectivity index (χ3n) is 2.87. The van der Waals surface area contributed by atoms with Gasteiger partial charge in [-0.3, -0.25) is 0 Å². The van der Waals surface area contributed by atoms with Gasteiger partial charge in [-0.15, -0.1) is 0 Å². The normalized spacial score (nSPS) is 11.0. The zero-order chi connectivity index (χ0) is 12.4. The van der Waals surface area contributed by atoms with Crippen molar-refractivity contribution in [3.63, 3.8) is 0 Å². The number of fused-ring (bicyclic) bond motifs is 1. The molecule has 0 aliphatic carbocycles. The van der Waals surface area contributed by atoms with Crippen LogP contribution in [-0.2, 0) is 6.54 Å². The van der Waals surface area contributed by atoms with Crippen molar-refractivity contribution in [3.05, 3.63) is 29.6 Å². The lowest BCUT2D eigenvalue weighted by Gasteiger charge is -2.09. The van der Waals surface area contributed by atoms with Crippen LogP contribution in [0.25, 0.3) is 11.0 Å². The van der Waals surface area contributed by atoms with Crippen LogP contribution in [0.1, 0.15) is 44.5 Å². The Balaban J connectivity index is 2.66. The van der Waals surface area contributed by atoms with Crippen molar-refractivity contribution in [2.24, 2.45) is 0 Å². The number of nitrogens with zero attached hydrogens (tertiary/aromatic N) is 3. The number of imidazole rings is 1. The topological polar surface area (TPSA) is 41.6 Å². The first kappa shape index (κ1) is 11.7. The average Bonchev–Trinajstić information content (AvgIpc) is 2.68. The number of nitriles is 1. The van der Waals surface area contributed by atoms with Crippen LogP contribution in [-0.4, -0.2) is 9.55 Å². The van der Waals surface area contributed by atoms with Crippen LogP contribution < -0.4 is 0 Å². The van der Waals surface area contributed by atoms with Crippen molar-refractivity contribution in [2.45, 2.75) is 39.7 Å². The van der Waals surface area contributed by atoms with Gasteiger partial charge in [0.25, 0.3) is 0 Å². The van der Waals surface area contributed by atoms with E-state index in [2.05, 4.69) is 36.4 Å². The highest BCUT2D eigenvalue weighted by molar-refractivity contribution is 5.77. The van der Waals surface area contributed by atoms with Crippen LogP contribution in [0.2, 0.25) is 0 Å². The summed E-state index contributed by atoms with van der Waals surface area (Å²) in [6.45, 7) is 7.45.